The van der Waals surface area contributed by atoms with Crippen molar-refractivity contribution in [3.8, 4) is 5.75 Å². The summed E-state index contributed by atoms with van der Waals surface area (Å²) in [4.78, 5) is 12.0. The molecule has 0 aliphatic rings. The van der Waals surface area contributed by atoms with Gasteiger partial charge in [0.05, 0.1) is 5.56 Å². The molecule has 0 atom stereocenters. The van der Waals surface area contributed by atoms with Crippen LogP contribution in [0.4, 0.5) is 24.5 Å². The number of anilines is 2. The van der Waals surface area contributed by atoms with Crippen LogP contribution in [0.15, 0.2) is 42.5 Å². The van der Waals surface area contributed by atoms with Gasteiger partial charge in [-0.05, 0) is 30.3 Å². The van der Waals surface area contributed by atoms with Crippen LogP contribution in [0.5, 0.6) is 5.75 Å². The Hall–Kier alpha value is -2.70. The average Bonchev–Trinajstić information content (AvgIpc) is 2.37. The van der Waals surface area contributed by atoms with Gasteiger partial charge in [0.15, 0.2) is 0 Å². The minimum atomic E-state index is -2.95. The molecule has 0 aliphatic heterocycles. The molecule has 0 unspecified atom stereocenters. The topological polar surface area (TPSA) is 64.4 Å². The first-order valence-corrected chi connectivity index (χ1v) is 5.87. The van der Waals surface area contributed by atoms with E-state index in [1.807, 2.05) is 0 Å². The smallest absolute Gasteiger partial charge is 0.387 e. The Kier molecular flexibility index (Phi) is 4.32. The maximum atomic E-state index is 12.9. The number of carbonyl (C=O) groups excluding carboxylic acids is 1. The minimum absolute atomic E-state index is 0.0208. The third kappa shape index (κ3) is 3.88. The standard InChI is InChI=1S/C14H11F3N2O2/c15-8-4-5-11(12(18)6-8)13(20)19-9-2-1-3-10(7-9)21-14(16)17/h1-7,14H,18H2,(H,19,20). The number of carbonyl (C=O) groups is 1. The Morgan fingerprint density at radius 2 is 1.95 bits per heavy atom. The van der Waals surface area contributed by atoms with Gasteiger partial charge < -0.3 is 15.8 Å². The molecule has 0 radical (unpaired) electrons. The van der Waals surface area contributed by atoms with Crippen molar-refractivity contribution in [1.29, 1.82) is 0 Å². The number of alkyl halides is 2. The van der Waals surface area contributed by atoms with Crippen molar-refractivity contribution >= 4 is 17.3 Å². The first kappa shape index (κ1) is 14.7. The van der Waals surface area contributed by atoms with Crippen LogP contribution in [0, 0.1) is 5.82 Å². The first-order valence-electron chi connectivity index (χ1n) is 5.87. The summed E-state index contributed by atoms with van der Waals surface area (Å²) in [7, 11) is 0. The molecular formula is C14H11F3N2O2. The second kappa shape index (κ2) is 6.17. The van der Waals surface area contributed by atoms with E-state index >= 15 is 0 Å². The molecule has 7 heteroatoms. The molecule has 21 heavy (non-hydrogen) atoms. The molecule has 0 heterocycles. The van der Waals surface area contributed by atoms with Crippen molar-refractivity contribution in [2.24, 2.45) is 0 Å². The van der Waals surface area contributed by atoms with E-state index in [1.165, 1.54) is 30.3 Å². The monoisotopic (exact) mass is 296 g/mol. The number of halogens is 3. The van der Waals surface area contributed by atoms with E-state index in [2.05, 4.69) is 10.1 Å². The molecule has 110 valence electrons. The summed E-state index contributed by atoms with van der Waals surface area (Å²) < 4.78 is 41.4. The number of nitrogens with one attached hydrogen (secondary N) is 1. The molecule has 0 spiro atoms. The summed E-state index contributed by atoms with van der Waals surface area (Å²) in [6, 6.07) is 8.86. The molecule has 0 saturated carbocycles. The largest absolute Gasteiger partial charge is 0.435 e. The summed E-state index contributed by atoms with van der Waals surface area (Å²) in [5, 5.41) is 2.47. The van der Waals surface area contributed by atoms with Gasteiger partial charge in [0.1, 0.15) is 11.6 Å². The van der Waals surface area contributed by atoms with Crippen LogP contribution in [0.3, 0.4) is 0 Å². The Morgan fingerprint density at radius 1 is 1.19 bits per heavy atom. The maximum Gasteiger partial charge on any atom is 0.387 e. The quantitative estimate of drug-likeness (QED) is 0.851. The van der Waals surface area contributed by atoms with Crippen LogP contribution in [-0.2, 0) is 0 Å². The van der Waals surface area contributed by atoms with Crippen molar-refractivity contribution < 1.29 is 22.7 Å². The lowest BCUT2D eigenvalue weighted by atomic mass is 10.1. The molecule has 1 amide bonds. The number of nitrogen functional groups attached to an aromatic ring is 1. The van der Waals surface area contributed by atoms with E-state index in [9.17, 15) is 18.0 Å². The lowest BCUT2D eigenvalue weighted by Crippen LogP contribution is -2.14. The fourth-order valence-electron chi connectivity index (χ4n) is 1.69. The lowest BCUT2D eigenvalue weighted by Gasteiger charge is -2.09. The van der Waals surface area contributed by atoms with Crippen LogP contribution in [0.25, 0.3) is 0 Å². The zero-order valence-electron chi connectivity index (χ0n) is 10.6. The highest BCUT2D eigenvalue weighted by atomic mass is 19.3. The van der Waals surface area contributed by atoms with E-state index in [1.54, 1.807) is 0 Å². The van der Waals surface area contributed by atoms with Crippen LogP contribution in [0.1, 0.15) is 10.4 Å². The molecule has 2 rings (SSSR count). The van der Waals surface area contributed by atoms with E-state index in [0.717, 1.165) is 12.1 Å². The van der Waals surface area contributed by atoms with Crippen molar-refractivity contribution in [3.63, 3.8) is 0 Å². The number of nitrogens with two attached hydrogens (primary N) is 1. The fourth-order valence-corrected chi connectivity index (χ4v) is 1.69. The molecule has 3 N–H and O–H groups in total. The number of amides is 1. The molecule has 0 fully saturated rings. The zero-order valence-corrected chi connectivity index (χ0v) is 10.6. The summed E-state index contributed by atoms with van der Waals surface area (Å²) in [6.45, 7) is -2.95. The highest BCUT2D eigenvalue weighted by Gasteiger charge is 2.11. The third-order valence-electron chi connectivity index (χ3n) is 2.58. The van der Waals surface area contributed by atoms with Gasteiger partial charge >= 0.3 is 6.61 Å². The Balaban J connectivity index is 2.15. The molecule has 0 saturated heterocycles. The summed E-state index contributed by atoms with van der Waals surface area (Å²) in [5.41, 5.74) is 5.86. The normalized spacial score (nSPS) is 10.5. The summed E-state index contributed by atoms with van der Waals surface area (Å²) in [6.07, 6.45) is 0. The number of ether oxygens (including phenoxy) is 1. The van der Waals surface area contributed by atoms with Crippen molar-refractivity contribution in [2.45, 2.75) is 6.61 Å². The zero-order chi connectivity index (χ0) is 15.4. The van der Waals surface area contributed by atoms with Crippen LogP contribution >= 0.6 is 0 Å². The highest BCUT2D eigenvalue weighted by Crippen LogP contribution is 2.21. The van der Waals surface area contributed by atoms with Crippen molar-refractivity contribution in [1.82, 2.24) is 0 Å². The van der Waals surface area contributed by atoms with Crippen LogP contribution in [-0.4, -0.2) is 12.5 Å². The van der Waals surface area contributed by atoms with Crippen molar-refractivity contribution in [2.75, 3.05) is 11.1 Å². The van der Waals surface area contributed by atoms with Gasteiger partial charge in [0.2, 0.25) is 0 Å². The number of rotatable bonds is 4. The van der Waals surface area contributed by atoms with Gasteiger partial charge in [0.25, 0.3) is 5.91 Å². The van der Waals surface area contributed by atoms with Gasteiger partial charge in [-0.3, -0.25) is 4.79 Å². The Labute approximate surface area is 118 Å². The molecule has 0 aromatic heterocycles. The predicted molar refractivity (Wildman–Crippen MR) is 71.8 cm³/mol. The summed E-state index contributed by atoms with van der Waals surface area (Å²) >= 11 is 0. The predicted octanol–water partition coefficient (Wildman–Crippen LogP) is 3.26. The highest BCUT2D eigenvalue weighted by molar-refractivity contribution is 6.07. The fraction of sp³-hybridized carbons (Fsp3) is 0.0714. The first-order chi connectivity index (χ1) is 9.95. The molecule has 0 bridgehead atoms. The van der Waals surface area contributed by atoms with E-state index < -0.39 is 18.3 Å². The molecule has 4 nitrogen and oxygen atoms in total. The molecular weight excluding hydrogens is 285 g/mol. The maximum absolute atomic E-state index is 12.9. The molecule has 2 aromatic rings. The second-order valence-corrected chi connectivity index (χ2v) is 4.09. The molecule has 0 aliphatic carbocycles. The Bertz CT molecular complexity index is 662. The van der Waals surface area contributed by atoms with Gasteiger partial charge in [-0.2, -0.15) is 8.78 Å². The van der Waals surface area contributed by atoms with Gasteiger partial charge in [-0.25, -0.2) is 4.39 Å². The van der Waals surface area contributed by atoms with E-state index in [-0.39, 0.29) is 22.7 Å². The van der Waals surface area contributed by atoms with Gasteiger partial charge in [-0.1, -0.05) is 6.07 Å². The SMILES string of the molecule is Nc1cc(F)ccc1C(=O)Nc1cccc(OC(F)F)c1. The lowest BCUT2D eigenvalue weighted by molar-refractivity contribution is -0.0497. The van der Waals surface area contributed by atoms with E-state index in [0.29, 0.717) is 0 Å². The van der Waals surface area contributed by atoms with Crippen LogP contribution < -0.4 is 15.8 Å². The van der Waals surface area contributed by atoms with E-state index in [4.69, 9.17) is 5.73 Å². The summed E-state index contributed by atoms with van der Waals surface area (Å²) in [5.74, 6) is -1.23. The van der Waals surface area contributed by atoms with Gasteiger partial charge in [-0.15, -0.1) is 0 Å². The van der Waals surface area contributed by atoms with Crippen molar-refractivity contribution in [3.05, 3.63) is 53.8 Å². The second-order valence-electron chi connectivity index (χ2n) is 4.09. The Morgan fingerprint density at radius 3 is 2.62 bits per heavy atom. The number of benzene rings is 2. The van der Waals surface area contributed by atoms with Gasteiger partial charge in [0, 0.05) is 17.4 Å². The molecule has 2 aromatic carbocycles. The minimum Gasteiger partial charge on any atom is -0.435 e. The van der Waals surface area contributed by atoms with Crippen LogP contribution in [0.2, 0.25) is 0 Å². The average molecular weight is 296 g/mol. The number of hydrogen-bond acceptors (Lipinski definition) is 3. The number of hydrogen-bond donors (Lipinski definition) is 2. The third-order valence-corrected chi connectivity index (χ3v) is 2.58.